The molecule has 1 aromatic rings. The second-order valence-electron chi connectivity index (χ2n) is 8.31. The third-order valence-corrected chi connectivity index (χ3v) is 6.38. The fraction of sp³-hybridized carbons (Fsp3) is 0.750. The predicted molar refractivity (Wildman–Crippen MR) is 107 cm³/mol. The number of hydrogen-bond donors (Lipinski definition) is 1. The Morgan fingerprint density at radius 1 is 1.04 bits per heavy atom. The zero-order valence-corrected chi connectivity index (χ0v) is 16.4. The van der Waals surface area contributed by atoms with Gasteiger partial charge in [-0.1, -0.05) is 0 Å². The van der Waals surface area contributed by atoms with Gasteiger partial charge in [0.25, 0.3) is 0 Å². The standard InChI is InChI=1S/C20H32N6O/c1-15-13-18(23-20(21)22-15)24-11-6-17(7-12-24)26-10-4-5-16(14-26)19(27)25-8-2-3-9-25/h13,16-17H,2-12,14H2,1H3,(H2,21,22,23)/t16-/m0/s1. The van der Waals surface area contributed by atoms with Gasteiger partial charge in [-0.25, -0.2) is 4.98 Å². The van der Waals surface area contributed by atoms with Gasteiger partial charge in [0, 0.05) is 50.5 Å². The third kappa shape index (κ3) is 4.18. The molecule has 0 aromatic carbocycles. The van der Waals surface area contributed by atoms with E-state index in [2.05, 4.69) is 24.7 Å². The molecular weight excluding hydrogens is 340 g/mol. The number of aromatic nitrogens is 2. The lowest BCUT2D eigenvalue weighted by molar-refractivity contribution is -0.136. The smallest absolute Gasteiger partial charge is 0.226 e. The van der Waals surface area contributed by atoms with Crippen LogP contribution in [0, 0.1) is 12.8 Å². The van der Waals surface area contributed by atoms with E-state index < -0.39 is 0 Å². The van der Waals surface area contributed by atoms with Crippen LogP contribution in [0.25, 0.3) is 0 Å². The molecule has 0 saturated carbocycles. The van der Waals surface area contributed by atoms with Gasteiger partial charge in [0.1, 0.15) is 5.82 Å². The summed E-state index contributed by atoms with van der Waals surface area (Å²) in [5.74, 6) is 1.91. The molecule has 3 fully saturated rings. The van der Waals surface area contributed by atoms with Crippen molar-refractivity contribution in [2.24, 2.45) is 5.92 Å². The Labute approximate surface area is 161 Å². The van der Waals surface area contributed by atoms with E-state index in [1.165, 1.54) is 12.8 Å². The number of carbonyl (C=O) groups is 1. The summed E-state index contributed by atoms with van der Waals surface area (Å²) < 4.78 is 0. The largest absolute Gasteiger partial charge is 0.368 e. The first-order valence-electron chi connectivity index (χ1n) is 10.5. The predicted octanol–water partition coefficient (Wildman–Crippen LogP) is 1.67. The van der Waals surface area contributed by atoms with Crippen LogP contribution in [0.3, 0.4) is 0 Å². The van der Waals surface area contributed by atoms with E-state index in [-0.39, 0.29) is 5.92 Å². The molecule has 3 saturated heterocycles. The summed E-state index contributed by atoms with van der Waals surface area (Å²) in [6.07, 6.45) is 6.79. The van der Waals surface area contributed by atoms with Crippen molar-refractivity contribution in [3.63, 3.8) is 0 Å². The monoisotopic (exact) mass is 372 g/mol. The molecule has 27 heavy (non-hydrogen) atoms. The number of likely N-dealkylation sites (tertiary alicyclic amines) is 2. The lowest BCUT2D eigenvalue weighted by Crippen LogP contribution is -2.51. The summed E-state index contributed by atoms with van der Waals surface area (Å²) in [5, 5.41) is 0. The van der Waals surface area contributed by atoms with Crippen molar-refractivity contribution in [2.75, 3.05) is 49.9 Å². The van der Waals surface area contributed by atoms with E-state index in [1.807, 2.05) is 13.0 Å². The molecule has 4 rings (SSSR count). The topological polar surface area (TPSA) is 78.6 Å². The van der Waals surface area contributed by atoms with Crippen molar-refractivity contribution in [3.8, 4) is 0 Å². The molecule has 0 radical (unpaired) electrons. The zero-order valence-electron chi connectivity index (χ0n) is 16.4. The molecule has 1 atom stereocenters. The number of aryl methyl sites for hydroxylation is 1. The molecule has 3 aliphatic heterocycles. The second kappa shape index (κ2) is 8.00. The molecule has 1 amide bonds. The van der Waals surface area contributed by atoms with E-state index in [4.69, 9.17) is 5.73 Å². The number of nitrogen functional groups attached to an aromatic ring is 1. The minimum atomic E-state index is 0.208. The lowest BCUT2D eigenvalue weighted by Gasteiger charge is -2.42. The molecule has 1 aromatic heterocycles. The van der Waals surface area contributed by atoms with E-state index in [1.54, 1.807) is 0 Å². The highest BCUT2D eigenvalue weighted by atomic mass is 16.2. The minimum Gasteiger partial charge on any atom is -0.368 e. The summed E-state index contributed by atoms with van der Waals surface area (Å²) in [5.41, 5.74) is 6.73. The average molecular weight is 373 g/mol. The Morgan fingerprint density at radius 3 is 2.48 bits per heavy atom. The van der Waals surface area contributed by atoms with Gasteiger partial charge in [0.15, 0.2) is 0 Å². The zero-order chi connectivity index (χ0) is 18.8. The van der Waals surface area contributed by atoms with Crippen LogP contribution in [-0.4, -0.2) is 71.0 Å². The SMILES string of the molecule is Cc1cc(N2CCC(N3CCC[C@H](C(=O)N4CCCC4)C3)CC2)nc(N)n1. The van der Waals surface area contributed by atoms with E-state index >= 15 is 0 Å². The van der Waals surface area contributed by atoms with Crippen molar-refractivity contribution >= 4 is 17.7 Å². The van der Waals surface area contributed by atoms with Crippen molar-refractivity contribution in [1.29, 1.82) is 0 Å². The Morgan fingerprint density at radius 2 is 1.78 bits per heavy atom. The number of nitrogens with two attached hydrogens (primary N) is 1. The van der Waals surface area contributed by atoms with Crippen molar-refractivity contribution in [2.45, 2.75) is 51.5 Å². The van der Waals surface area contributed by atoms with Gasteiger partial charge in [0.05, 0.1) is 5.92 Å². The first kappa shape index (κ1) is 18.5. The maximum atomic E-state index is 12.8. The molecule has 7 nitrogen and oxygen atoms in total. The molecular formula is C20H32N6O. The summed E-state index contributed by atoms with van der Waals surface area (Å²) in [6.45, 7) is 7.95. The molecule has 4 heterocycles. The van der Waals surface area contributed by atoms with Crippen LogP contribution in [0.15, 0.2) is 6.07 Å². The number of nitrogens with zero attached hydrogens (tertiary/aromatic N) is 5. The van der Waals surface area contributed by atoms with Gasteiger partial charge in [0.2, 0.25) is 11.9 Å². The maximum absolute atomic E-state index is 12.8. The quantitative estimate of drug-likeness (QED) is 0.870. The summed E-state index contributed by atoms with van der Waals surface area (Å²) in [4.78, 5) is 28.4. The van der Waals surface area contributed by atoms with Crippen LogP contribution < -0.4 is 10.6 Å². The fourth-order valence-electron chi connectivity index (χ4n) is 4.93. The van der Waals surface area contributed by atoms with E-state index in [0.29, 0.717) is 17.9 Å². The molecule has 0 spiro atoms. The maximum Gasteiger partial charge on any atom is 0.226 e. The minimum absolute atomic E-state index is 0.208. The number of amides is 1. The number of carbonyl (C=O) groups excluding carboxylic acids is 1. The Bertz CT molecular complexity index is 646. The number of hydrogen-bond acceptors (Lipinski definition) is 6. The highest BCUT2D eigenvalue weighted by Gasteiger charge is 2.34. The van der Waals surface area contributed by atoms with Crippen LogP contribution in [0.5, 0.6) is 0 Å². The molecule has 0 aliphatic carbocycles. The average Bonchev–Trinajstić information content (AvgIpc) is 3.22. The normalized spacial score (nSPS) is 25.1. The van der Waals surface area contributed by atoms with Crippen molar-refractivity contribution in [1.82, 2.24) is 19.8 Å². The van der Waals surface area contributed by atoms with Gasteiger partial charge in [-0.2, -0.15) is 4.98 Å². The molecule has 7 heteroatoms. The lowest BCUT2D eigenvalue weighted by atomic mass is 9.93. The highest BCUT2D eigenvalue weighted by Crippen LogP contribution is 2.27. The molecule has 148 valence electrons. The first-order valence-corrected chi connectivity index (χ1v) is 10.5. The van der Waals surface area contributed by atoms with Crippen LogP contribution in [-0.2, 0) is 4.79 Å². The molecule has 0 bridgehead atoms. The highest BCUT2D eigenvalue weighted by molar-refractivity contribution is 5.79. The Hall–Kier alpha value is -1.89. The van der Waals surface area contributed by atoms with Gasteiger partial charge in [-0.3, -0.25) is 9.69 Å². The van der Waals surface area contributed by atoms with Crippen LogP contribution >= 0.6 is 0 Å². The van der Waals surface area contributed by atoms with Crippen molar-refractivity contribution in [3.05, 3.63) is 11.8 Å². The third-order valence-electron chi connectivity index (χ3n) is 6.38. The number of piperidine rings is 2. The van der Waals surface area contributed by atoms with Crippen LogP contribution in [0.2, 0.25) is 0 Å². The number of anilines is 2. The summed E-state index contributed by atoms with van der Waals surface area (Å²) in [7, 11) is 0. The first-order chi connectivity index (χ1) is 13.1. The molecule has 3 aliphatic rings. The van der Waals surface area contributed by atoms with Gasteiger partial charge >= 0.3 is 0 Å². The molecule has 0 unspecified atom stereocenters. The van der Waals surface area contributed by atoms with Gasteiger partial charge < -0.3 is 15.5 Å². The van der Waals surface area contributed by atoms with Gasteiger partial charge in [-0.05, 0) is 52.0 Å². The second-order valence-corrected chi connectivity index (χ2v) is 8.31. The van der Waals surface area contributed by atoms with Gasteiger partial charge in [-0.15, -0.1) is 0 Å². The van der Waals surface area contributed by atoms with Crippen molar-refractivity contribution < 1.29 is 4.79 Å². The van der Waals surface area contributed by atoms with Crippen LogP contribution in [0.1, 0.15) is 44.2 Å². The Kier molecular flexibility index (Phi) is 5.48. The van der Waals surface area contributed by atoms with Crippen LogP contribution in [0.4, 0.5) is 11.8 Å². The molecule has 2 N–H and O–H groups in total. The fourth-order valence-corrected chi connectivity index (χ4v) is 4.93. The van der Waals surface area contributed by atoms with E-state index in [0.717, 1.165) is 76.5 Å². The summed E-state index contributed by atoms with van der Waals surface area (Å²) >= 11 is 0. The number of rotatable bonds is 3. The van der Waals surface area contributed by atoms with E-state index in [9.17, 15) is 4.79 Å². The Balaban J connectivity index is 1.33. The summed E-state index contributed by atoms with van der Waals surface area (Å²) in [6, 6.07) is 2.60.